The van der Waals surface area contributed by atoms with E-state index in [-0.39, 0.29) is 5.91 Å². The van der Waals surface area contributed by atoms with Crippen molar-refractivity contribution in [3.05, 3.63) is 35.7 Å². The van der Waals surface area contributed by atoms with Crippen molar-refractivity contribution < 1.29 is 9.32 Å². The maximum absolute atomic E-state index is 11.4. The first-order valence-corrected chi connectivity index (χ1v) is 7.91. The number of amides is 1. The molecule has 118 valence electrons. The molecule has 0 aliphatic carbocycles. The van der Waals surface area contributed by atoms with E-state index in [4.69, 9.17) is 4.52 Å². The predicted octanol–water partition coefficient (Wildman–Crippen LogP) is 3.15. The maximum atomic E-state index is 11.4. The molecule has 1 amide bonds. The fraction of sp³-hybridized carbons (Fsp3) is 0.471. The molecular weight excluding hydrogens is 278 g/mol. The van der Waals surface area contributed by atoms with Gasteiger partial charge in [0.05, 0.1) is 0 Å². The van der Waals surface area contributed by atoms with Crippen molar-refractivity contribution >= 4 is 5.91 Å². The molecule has 0 saturated heterocycles. The highest BCUT2D eigenvalue weighted by atomic mass is 16.5. The van der Waals surface area contributed by atoms with E-state index in [0.29, 0.717) is 31.1 Å². The smallest absolute Gasteiger partial charge is 0.227 e. The van der Waals surface area contributed by atoms with Crippen LogP contribution in [0.5, 0.6) is 0 Å². The van der Waals surface area contributed by atoms with Gasteiger partial charge in [-0.2, -0.15) is 4.98 Å². The van der Waals surface area contributed by atoms with E-state index in [1.807, 2.05) is 19.1 Å². The Hall–Kier alpha value is -2.17. The Morgan fingerprint density at radius 2 is 1.95 bits per heavy atom. The van der Waals surface area contributed by atoms with Gasteiger partial charge in [0.2, 0.25) is 17.6 Å². The molecule has 1 aromatic carbocycles. The molecule has 1 heterocycles. The second-order valence-corrected chi connectivity index (χ2v) is 5.27. The summed E-state index contributed by atoms with van der Waals surface area (Å²) >= 11 is 0. The number of aryl methyl sites for hydroxylation is 2. The van der Waals surface area contributed by atoms with Gasteiger partial charge in [-0.1, -0.05) is 42.8 Å². The summed E-state index contributed by atoms with van der Waals surface area (Å²) < 4.78 is 5.20. The van der Waals surface area contributed by atoms with Gasteiger partial charge in [0.25, 0.3) is 0 Å². The van der Waals surface area contributed by atoms with E-state index in [1.54, 1.807) is 0 Å². The van der Waals surface area contributed by atoms with Crippen LogP contribution in [0.2, 0.25) is 0 Å². The maximum Gasteiger partial charge on any atom is 0.227 e. The number of rotatable bonds is 8. The van der Waals surface area contributed by atoms with Gasteiger partial charge >= 0.3 is 0 Å². The Kier molecular flexibility index (Phi) is 6.13. The van der Waals surface area contributed by atoms with Crippen LogP contribution in [0.4, 0.5) is 0 Å². The summed E-state index contributed by atoms with van der Waals surface area (Å²) in [5.74, 6) is 1.08. The predicted molar refractivity (Wildman–Crippen MR) is 85.4 cm³/mol. The van der Waals surface area contributed by atoms with Crippen molar-refractivity contribution in [1.29, 1.82) is 0 Å². The average Bonchev–Trinajstić information content (AvgIpc) is 3.01. The molecule has 0 atom stereocenters. The number of benzene rings is 1. The Labute approximate surface area is 131 Å². The zero-order valence-corrected chi connectivity index (χ0v) is 13.3. The lowest BCUT2D eigenvalue weighted by Crippen LogP contribution is -2.22. The molecule has 0 radical (unpaired) electrons. The van der Waals surface area contributed by atoms with Crippen LogP contribution >= 0.6 is 0 Å². The van der Waals surface area contributed by atoms with Gasteiger partial charge < -0.3 is 9.84 Å². The Morgan fingerprint density at radius 3 is 2.64 bits per heavy atom. The molecule has 0 fully saturated rings. The highest BCUT2D eigenvalue weighted by molar-refractivity contribution is 5.75. The number of hydrogen-bond acceptors (Lipinski definition) is 4. The van der Waals surface area contributed by atoms with Crippen molar-refractivity contribution in [2.45, 2.75) is 46.0 Å². The van der Waals surface area contributed by atoms with E-state index in [1.165, 1.54) is 18.4 Å². The summed E-state index contributed by atoms with van der Waals surface area (Å²) in [5.41, 5.74) is 2.26. The summed E-state index contributed by atoms with van der Waals surface area (Å²) in [7, 11) is 0. The molecule has 1 aromatic heterocycles. The number of unbranched alkanes of at least 4 members (excludes halogenated alkanes) is 1. The minimum Gasteiger partial charge on any atom is -0.356 e. The van der Waals surface area contributed by atoms with Crippen molar-refractivity contribution in [2.75, 3.05) is 6.54 Å². The number of nitrogens with one attached hydrogen (secondary N) is 1. The van der Waals surface area contributed by atoms with Crippen molar-refractivity contribution in [3.63, 3.8) is 0 Å². The molecule has 0 aliphatic heterocycles. The van der Waals surface area contributed by atoms with Gasteiger partial charge in [-0.15, -0.1) is 0 Å². The number of hydrogen-bond donors (Lipinski definition) is 1. The lowest BCUT2D eigenvalue weighted by molar-refractivity contribution is -0.121. The first-order valence-electron chi connectivity index (χ1n) is 7.91. The standard InChI is InChI=1S/C17H23N3O2/c1-3-5-6-13-7-9-14(10-8-13)17-19-16(22-20-17)12-11-15(21)18-4-2/h7-10H,3-6,11-12H2,1-2H3,(H,18,21). The Balaban J connectivity index is 1.94. The van der Waals surface area contributed by atoms with Crippen LogP contribution in [0.15, 0.2) is 28.8 Å². The second-order valence-electron chi connectivity index (χ2n) is 5.27. The molecular formula is C17H23N3O2. The van der Waals surface area contributed by atoms with E-state index in [9.17, 15) is 4.79 Å². The largest absolute Gasteiger partial charge is 0.356 e. The quantitative estimate of drug-likeness (QED) is 0.813. The molecule has 1 N–H and O–H groups in total. The van der Waals surface area contributed by atoms with Gasteiger partial charge in [-0.3, -0.25) is 4.79 Å². The highest BCUT2D eigenvalue weighted by Crippen LogP contribution is 2.18. The monoisotopic (exact) mass is 301 g/mol. The van der Waals surface area contributed by atoms with Crippen LogP contribution in [0.25, 0.3) is 11.4 Å². The first kappa shape index (κ1) is 16.2. The number of aromatic nitrogens is 2. The SMILES string of the molecule is CCCCc1ccc(-c2noc(CCC(=O)NCC)n2)cc1. The average molecular weight is 301 g/mol. The number of carbonyl (C=O) groups excluding carboxylic acids is 1. The normalized spacial score (nSPS) is 10.6. The topological polar surface area (TPSA) is 68.0 Å². The summed E-state index contributed by atoms with van der Waals surface area (Å²) in [6.07, 6.45) is 4.33. The van der Waals surface area contributed by atoms with Crippen LogP contribution in [0.3, 0.4) is 0 Å². The summed E-state index contributed by atoms with van der Waals surface area (Å²) in [6.45, 7) is 4.72. The second kappa shape index (κ2) is 8.32. The third kappa shape index (κ3) is 4.69. The summed E-state index contributed by atoms with van der Waals surface area (Å²) in [6, 6.07) is 8.25. The van der Waals surface area contributed by atoms with E-state index in [0.717, 1.165) is 12.0 Å². The van der Waals surface area contributed by atoms with Gasteiger partial charge in [-0.25, -0.2) is 0 Å². The van der Waals surface area contributed by atoms with E-state index >= 15 is 0 Å². The van der Waals surface area contributed by atoms with E-state index < -0.39 is 0 Å². The molecule has 2 rings (SSSR count). The van der Waals surface area contributed by atoms with Gasteiger partial charge in [0.15, 0.2) is 0 Å². The van der Waals surface area contributed by atoms with Crippen LogP contribution in [-0.2, 0) is 17.6 Å². The van der Waals surface area contributed by atoms with Crippen molar-refractivity contribution in [2.24, 2.45) is 0 Å². The van der Waals surface area contributed by atoms with E-state index in [2.05, 4.69) is 34.5 Å². The highest BCUT2D eigenvalue weighted by Gasteiger charge is 2.10. The fourth-order valence-electron chi connectivity index (χ4n) is 2.18. The molecule has 0 aliphatic rings. The molecule has 0 spiro atoms. The van der Waals surface area contributed by atoms with Crippen LogP contribution in [0.1, 0.15) is 44.6 Å². The molecule has 0 bridgehead atoms. The number of carbonyl (C=O) groups is 1. The molecule has 5 nitrogen and oxygen atoms in total. The first-order chi connectivity index (χ1) is 10.7. The fourth-order valence-corrected chi connectivity index (χ4v) is 2.18. The zero-order valence-electron chi connectivity index (χ0n) is 13.3. The van der Waals surface area contributed by atoms with Crippen molar-refractivity contribution in [3.8, 4) is 11.4 Å². The van der Waals surface area contributed by atoms with Crippen molar-refractivity contribution in [1.82, 2.24) is 15.5 Å². The molecule has 0 unspecified atom stereocenters. The van der Waals surface area contributed by atoms with Crippen LogP contribution < -0.4 is 5.32 Å². The summed E-state index contributed by atoms with van der Waals surface area (Å²) in [4.78, 5) is 15.8. The molecule has 22 heavy (non-hydrogen) atoms. The van der Waals surface area contributed by atoms with Gasteiger partial charge in [0.1, 0.15) is 0 Å². The minimum absolute atomic E-state index is 0.00234. The van der Waals surface area contributed by atoms with Gasteiger partial charge in [-0.05, 0) is 25.3 Å². The minimum atomic E-state index is 0.00234. The summed E-state index contributed by atoms with van der Waals surface area (Å²) in [5, 5.41) is 6.73. The van der Waals surface area contributed by atoms with Gasteiger partial charge in [0, 0.05) is 24.9 Å². The molecule has 2 aromatic rings. The Bertz CT molecular complexity index is 590. The van der Waals surface area contributed by atoms with Crippen LogP contribution in [-0.4, -0.2) is 22.6 Å². The molecule has 0 saturated carbocycles. The Morgan fingerprint density at radius 1 is 1.18 bits per heavy atom. The lowest BCUT2D eigenvalue weighted by Gasteiger charge is -2.00. The third-order valence-electron chi connectivity index (χ3n) is 3.44. The number of nitrogens with zero attached hydrogens (tertiary/aromatic N) is 2. The zero-order chi connectivity index (χ0) is 15.8. The molecule has 5 heteroatoms. The third-order valence-corrected chi connectivity index (χ3v) is 3.44. The van der Waals surface area contributed by atoms with Crippen LogP contribution in [0, 0.1) is 0 Å². The lowest BCUT2D eigenvalue weighted by atomic mass is 10.1.